The highest BCUT2D eigenvalue weighted by atomic mass is 32.1. The number of anilines is 1. The second-order valence-electron chi connectivity index (χ2n) is 3.89. The van der Waals surface area contributed by atoms with Gasteiger partial charge >= 0.3 is 0 Å². The van der Waals surface area contributed by atoms with E-state index in [1.807, 2.05) is 6.92 Å². The SMILES string of the molecule is Cc1nsc(NC2CCCN(C)C2)n1. The van der Waals surface area contributed by atoms with E-state index in [-0.39, 0.29) is 0 Å². The summed E-state index contributed by atoms with van der Waals surface area (Å²) < 4.78 is 4.16. The maximum atomic E-state index is 4.31. The van der Waals surface area contributed by atoms with E-state index < -0.39 is 0 Å². The first kappa shape index (κ1) is 9.86. The summed E-state index contributed by atoms with van der Waals surface area (Å²) in [6.45, 7) is 4.25. The Labute approximate surface area is 88.5 Å². The molecule has 1 fully saturated rings. The quantitative estimate of drug-likeness (QED) is 0.803. The van der Waals surface area contributed by atoms with Gasteiger partial charge in [0, 0.05) is 24.1 Å². The fraction of sp³-hybridized carbons (Fsp3) is 0.778. The summed E-state index contributed by atoms with van der Waals surface area (Å²) >= 11 is 1.45. The molecule has 1 atom stereocenters. The molecule has 0 saturated carbocycles. The number of nitrogens with one attached hydrogen (secondary N) is 1. The normalized spacial score (nSPS) is 23.7. The minimum absolute atomic E-state index is 0.543. The zero-order valence-electron chi connectivity index (χ0n) is 8.66. The van der Waals surface area contributed by atoms with Gasteiger partial charge in [0.25, 0.3) is 0 Å². The van der Waals surface area contributed by atoms with Gasteiger partial charge in [0.05, 0.1) is 0 Å². The highest BCUT2D eigenvalue weighted by molar-refractivity contribution is 7.09. The number of nitrogens with zero attached hydrogens (tertiary/aromatic N) is 3. The number of rotatable bonds is 2. The molecule has 0 aromatic carbocycles. The number of likely N-dealkylation sites (tertiary alicyclic amines) is 1. The number of hydrogen-bond acceptors (Lipinski definition) is 5. The summed E-state index contributed by atoms with van der Waals surface area (Å²) in [5.74, 6) is 0.863. The molecule has 1 aliphatic heterocycles. The molecule has 0 radical (unpaired) electrons. The predicted octanol–water partition coefficient (Wildman–Crippen LogP) is 1.35. The topological polar surface area (TPSA) is 41.1 Å². The molecule has 1 N–H and O–H groups in total. The van der Waals surface area contributed by atoms with Crippen molar-refractivity contribution in [3.8, 4) is 0 Å². The van der Waals surface area contributed by atoms with Crippen LogP contribution in [0.5, 0.6) is 0 Å². The van der Waals surface area contributed by atoms with Gasteiger partial charge in [0.2, 0.25) is 5.13 Å². The molecule has 0 amide bonds. The van der Waals surface area contributed by atoms with E-state index in [2.05, 4.69) is 26.6 Å². The smallest absolute Gasteiger partial charge is 0.202 e. The van der Waals surface area contributed by atoms with Gasteiger partial charge in [-0.3, -0.25) is 0 Å². The van der Waals surface area contributed by atoms with Crippen LogP contribution in [0.15, 0.2) is 0 Å². The van der Waals surface area contributed by atoms with Crippen molar-refractivity contribution >= 4 is 16.7 Å². The van der Waals surface area contributed by atoms with Gasteiger partial charge in [-0.15, -0.1) is 0 Å². The van der Waals surface area contributed by atoms with Crippen LogP contribution in [-0.4, -0.2) is 40.4 Å². The van der Waals surface area contributed by atoms with Crippen molar-refractivity contribution in [3.63, 3.8) is 0 Å². The van der Waals surface area contributed by atoms with Crippen LogP contribution in [0.2, 0.25) is 0 Å². The van der Waals surface area contributed by atoms with E-state index in [1.54, 1.807) is 0 Å². The number of aryl methyl sites for hydroxylation is 1. The highest BCUT2D eigenvalue weighted by Crippen LogP contribution is 2.16. The van der Waals surface area contributed by atoms with E-state index >= 15 is 0 Å². The van der Waals surface area contributed by atoms with Gasteiger partial charge < -0.3 is 10.2 Å². The minimum Gasteiger partial charge on any atom is -0.356 e. The predicted molar refractivity (Wildman–Crippen MR) is 58.8 cm³/mol. The zero-order valence-corrected chi connectivity index (χ0v) is 9.47. The van der Waals surface area contributed by atoms with Gasteiger partial charge in [-0.25, -0.2) is 4.98 Å². The van der Waals surface area contributed by atoms with Crippen LogP contribution in [0.1, 0.15) is 18.7 Å². The van der Waals surface area contributed by atoms with Gasteiger partial charge in [-0.05, 0) is 33.4 Å². The first-order valence-electron chi connectivity index (χ1n) is 4.99. The molecule has 5 heteroatoms. The highest BCUT2D eigenvalue weighted by Gasteiger charge is 2.17. The second-order valence-corrected chi connectivity index (χ2v) is 4.64. The lowest BCUT2D eigenvalue weighted by Gasteiger charge is -2.29. The summed E-state index contributed by atoms with van der Waals surface area (Å²) in [5.41, 5.74) is 0. The molecule has 0 spiro atoms. The third-order valence-electron chi connectivity index (χ3n) is 2.48. The molecule has 2 rings (SSSR count). The summed E-state index contributed by atoms with van der Waals surface area (Å²) in [5, 5.41) is 4.40. The molecular formula is C9H16N4S. The van der Waals surface area contributed by atoms with E-state index in [0.29, 0.717) is 6.04 Å². The van der Waals surface area contributed by atoms with Crippen molar-refractivity contribution < 1.29 is 0 Å². The van der Waals surface area contributed by atoms with Crippen molar-refractivity contribution in [2.24, 2.45) is 0 Å². The van der Waals surface area contributed by atoms with Crippen molar-refractivity contribution in [1.82, 2.24) is 14.3 Å². The van der Waals surface area contributed by atoms with E-state index in [0.717, 1.165) is 17.5 Å². The Bertz CT molecular complexity index is 299. The Hall–Kier alpha value is -0.680. The maximum Gasteiger partial charge on any atom is 0.202 e. The molecule has 1 saturated heterocycles. The largest absolute Gasteiger partial charge is 0.356 e. The van der Waals surface area contributed by atoms with Crippen LogP contribution < -0.4 is 5.32 Å². The van der Waals surface area contributed by atoms with Crippen LogP contribution in [0.3, 0.4) is 0 Å². The molecule has 78 valence electrons. The molecule has 1 unspecified atom stereocenters. The van der Waals surface area contributed by atoms with Gasteiger partial charge in [-0.2, -0.15) is 4.37 Å². The Kier molecular flexibility index (Phi) is 2.98. The summed E-state index contributed by atoms with van der Waals surface area (Å²) in [6, 6.07) is 0.543. The zero-order chi connectivity index (χ0) is 9.97. The molecule has 1 aromatic rings. The monoisotopic (exact) mass is 212 g/mol. The average Bonchev–Trinajstić information content (AvgIpc) is 2.51. The fourth-order valence-electron chi connectivity index (χ4n) is 1.81. The van der Waals surface area contributed by atoms with Crippen molar-refractivity contribution in [3.05, 3.63) is 5.82 Å². The van der Waals surface area contributed by atoms with Gasteiger partial charge in [0.1, 0.15) is 5.82 Å². The lowest BCUT2D eigenvalue weighted by molar-refractivity contribution is 0.261. The first-order chi connectivity index (χ1) is 6.74. The minimum atomic E-state index is 0.543. The van der Waals surface area contributed by atoms with Crippen molar-refractivity contribution in [1.29, 1.82) is 0 Å². The van der Waals surface area contributed by atoms with Crippen molar-refractivity contribution in [2.75, 3.05) is 25.5 Å². The first-order valence-corrected chi connectivity index (χ1v) is 5.77. The van der Waals surface area contributed by atoms with E-state index in [1.165, 1.54) is 30.9 Å². The van der Waals surface area contributed by atoms with E-state index in [4.69, 9.17) is 0 Å². The Morgan fingerprint density at radius 3 is 3.07 bits per heavy atom. The van der Waals surface area contributed by atoms with Gasteiger partial charge in [-0.1, -0.05) is 0 Å². The number of likely N-dealkylation sites (N-methyl/N-ethyl adjacent to an activating group) is 1. The summed E-state index contributed by atoms with van der Waals surface area (Å²) in [7, 11) is 2.17. The van der Waals surface area contributed by atoms with Crippen LogP contribution in [-0.2, 0) is 0 Å². The van der Waals surface area contributed by atoms with Crippen LogP contribution >= 0.6 is 11.5 Å². The molecule has 4 nitrogen and oxygen atoms in total. The molecule has 1 aromatic heterocycles. The molecule has 0 aliphatic carbocycles. The fourth-order valence-corrected chi connectivity index (χ4v) is 2.47. The van der Waals surface area contributed by atoms with Crippen molar-refractivity contribution in [2.45, 2.75) is 25.8 Å². The van der Waals surface area contributed by atoms with Gasteiger partial charge in [0.15, 0.2) is 0 Å². The molecular weight excluding hydrogens is 196 g/mol. The molecule has 2 heterocycles. The lowest BCUT2D eigenvalue weighted by atomic mass is 10.1. The maximum absolute atomic E-state index is 4.31. The Morgan fingerprint density at radius 1 is 1.57 bits per heavy atom. The van der Waals surface area contributed by atoms with Crippen LogP contribution in [0.4, 0.5) is 5.13 Å². The third-order valence-corrected chi connectivity index (χ3v) is 3.22. The molecule has 14 heavy (non-hydrogen) atoms. The van der Waals surface area contributed by atoms with Crippen LogP contribution in [0.25, 0.3) is 0 Å². The summed E-state index contributed by atoms with van der Waals surface area (Å²) in [4.78, 5) is 6.66. The van der Waals surface area contributed by atoms with E-state index in [9.17, 15) is 0 Å². The standard InChI is InChI=1S/C9H16N4S/c1-7-10-9(14-12-7)11-8-4-3-5-13(2)6-8/h8H,3-6H2,1-2H3,(H,10,11,12). The Balaban J connectivity index is 1.90. The third kappa shape index (κ3) is 2.42. The van der Waals surface area contributed by atoms with Crippen LogP contribution in [0, 0.1) is 6.92 Å². The lowest BCUT2D eigenvalue weighted by Crippen LogP contribution is -2.39. The Morgan fingerprint density at radius 2 is 2.43 bits per heavy atom. The number of aromatic nitrogens is 2. The number of hydrogen-bond donors (Lipinski definition) is 1. The summed E-state index contributed by atoms with van der Waals surface area (Å²) in [6.07, 6.45) is 2.51. The second kappa shape index (κ2) is 4.23. The molecule has 1 aliphatic rings. The number of piperidine rings is 1. The molecule has 0 bridgehead atoms. The average molecular weight is 212 g/mol.